The van der Waals surface area contributed by atoms with E-state index >= 15 is 0 Å². The van der Waals surface area contributed by atoms with Gasteiger partial charge in [0.2, 0.25) is 6.04 Å². The highest BCUT2D eigenvalue weighted by Gasteiger charge is 2.29. The lowest BCUT2D eigenvalue weighted by Gasteiger charge is -2.05. The van der Waals surface area contributed by atoms with Crippen LogP contribution in [0, 0.1) is 29.7 Å². The molecular weight excluding hydrogens is 148 g/mol. The topological polar surface area (TPSA) is 28.1 Å². The van der Waals surface area contributed by atoms with Crippen LogP contribution in [0.1, 0.15) is 32.6 Å². The zero-order valence-electron chi connectivity index (χ0n) is 7.45. The molecule has 1 fully saturated rings. The lowest BCUT2D eigenvalue weighted by Crippen LogP contribution is -2.13. The number of rotatable bonds is 0. The Hall–Kier alpha value is -1.02. The van der Waals surface area contributed by atoms with Crippen LogP contribution in [0.15, 0.2) is 0 Å². The summed E-state index contributed by atoms with van der Waals surface area (Å²) in [4.78, 5) is 3.52. The van der Waals surface area contributed by atoms with Crippen molar-refractivity contribution < 1.29 is 0 Å². The van der Waals surface area contributed by atoms with Gasteiger partial charge in [0.1, 0.15) is 5.92 Å². The van der Waals surface area contributed by atoms with E-state index in [1.165, 1.54) is 0 Å². The van der Waals surface area contributed by atoms with Crippen molar-refractivity contribution in [2.45, 2.75) is 38.6 Å². The van der Waals surface area contributed by atoms with Gasteiger partial charge in [-0.15, -0.1) is 0 Å². The molecule has 1 aliphatic rings. The Labute approximate surface area is 74.0 Å². The molecular formula is C10H14N2. The maximum atomic E-state index is 8.81. The van der Waals surface area contributed by atoms with Crippen molar-refractivity contribution in [1.82, 2.24) is 0 Å². The number of nitriles is 1. The van der Waals surface area contributed by atoms with E-state index in [1.807, 2.05) is 0 Å². The highest BCUT2D eigenvalue weighted by molar-refractivity contribution is 4.99. The van der Waals surface area contributed by atoms with Crippen LogP contribution in [-0.4, -0.2) is 6.04 Å². The standard InChI is InChI=1S/C10H14N2/c1-8-3-5-9(7-11)10(12-2)6-4-8/h8-10H,3-6H2,1H3. The van der Waals surface area contributed by atoms with Crippen molar-refractivity contribution in [3.05, 3.63) is 11.4 Å². The van der Waals surface area contributed by atoms with Crippen molar-refractivity contribution >= 4 is 0 Å². The summed E-state index contributed by atoms with van der Waals surface area (Å²) in [7, 11) is 0. The summed E-state index contributed by atoms with van der Waals surface area (Å²) in [5, 5.41) is 8.81. The van der Waals surface area contributed by atoms with Crippen LogP contribution in [0.3, 0.4) is 0 Å². The molecule has 3 unspecified atom stereocenters. The highest BCUT2D eigenvalue weighted by Crippen LogP contribution is 2.28. The molecule has 0 saturated heterocycles. The fraction of sp³-hybridized carbons (Fsp3) is 0.800. The molecule has 0 N–H and O–H groups in total. The molecule has 0 aromatic rings. The van der Waals surface area contributed by atoms with Gasteiger partial charge in [-0.2, -0.15) is 5.26 Å². The quantitative estimate of drug-likeness (QED) is 0.397. The first-order chi connectivity index (χ1) is 5.77. The van der Waals surface area contributed by atoms with E-state index in [4.69, 9.17) is 11.8 Å². The van der Waals surface area contributed by atoms with Crippen molar-refractivity contribution in [3.63, 3.8) is 0 Å². The monoisotopic (exact) mass is 162 g/mol. The van der Waals surface area contributed by atoms with Gasteiger partial charge in [0.15, 0.2) is 0 Å². The van der Waals surface area contributed by atoms with Gasteiger partial charge in [-0.3, -0.25) is 0 Å². The Bertz CT molecular complexity index is 197. The Morgan fingerprint density at radius 1 is 1.33 bits per heavy atom. The Balaban J connectivity index is 2.62. The first-order valence-corrected chi connectivity index (χ1v) is 4.54. The average molecular weight is 162 g/mol. The molecule has 0 radical (unpaired) electrons. The molecule has 1 saturated carbocycles. The summed E-state index contributed by atoms with van der Waals surface area (Å²) in [6, 6.07) is 2.22. The third-order valence-electron chi connectivity index (χ3n) is 2.72. The van der Waals surface area contributed by atoms with Crippen molar-refractivity contribution in [1.29, 1.82) is 5.26 Å². The molecule has 1 rings (SSSR count). The van der Waals surface area contributed by atoms with Crippen LogP contribution in [0.5, 0.6) is 0 Å². The molecule has 0 aromatic heterocycles. The van der Waals surface area contributed by atoms with Gasteiger partial charge < -0.3 is 4.85 Å². The van der Waals surface area contributed by atoms with Gasteiger partial charge >= 0.3 is 0 Å². The van der Waals surface area contributed by atoms with E-state index in [1.54, 1.807) is 0 Å². The van der Waals surface area contributed by atoms with Crippen LogP contribution in [0.25, 0.3) is 4.85 Å². The first-order valence-electron chi connectivity index (χ1n) is 4.54. The largest absolute Gasteiger partial charge is 0.312 e. The summed E-state index contributed by atoms with van der Waals surface area (Å²) in [6.45, 7) is 9.18. The second kappa shape index (κ2) is 4.12. The van der Waals surface area contributed by atoms with E-state index in [0.29, 0.717) is 5.92 Å². The lowest BCUT2D eigenvalue weighted by molar-refractivity contribution is 0.496. The fourth-order valence-corrected chi connectivity index (χ4v) is 1.76. The Morgan fingerprint density at radius 3 is 2.58 bits per heavy atom. The molecule has 0 amide bonds. The average Bonchev–Trinajstić information content (AvgIpc) is 2.27. The van der Waals surface area contributed by atoms with E-state index in [9.17, 15) is 0 Å². The minimum Gasteiger partial charge on any atom is -0.312 e. The molecule has 0 heterocycles. The van der Waals surface area contributed by atoms with Gasteiger partial charge in [0, 0.05) is 6.42 Å². The smallest absolute Gasteiger partial charge is 0.239 e. The third kappa shape index (κ3) is 1.98. The van der Waals surface area contributed by atoms with Crippen LogP contribution in [-0.2, 0) is 0 Å². The molecule has 0 aromatic carbocycles. The molecule has 1 aliphatic carbocycles. The zero-order chi connectivity index (χ0) is 8.97. The summed E-state index contributed by atoms with van der Waals surface area (Å²) in [5.41, 5.74) is 0. The maximum Gasteiger partial charge on any atom is 0.239 e. The number of hydrogen-bond acceptors (Lipinski definition) is 1. The molecule has 2 heteroatoms. The summed E-state index contributed by atoms with van der Waals surface area (Å²) in [6.07, 6.45) is 4.07. The van der Waals surface area contributed by atoms with Crippen molar-refractivity contribution in [2.75, 3.05) is 0 Å². The van der Waals surface area contributed by atoms with Gasteiger partial charge in [0.25, 0.3) is 0 Å². The minimum atomic E-state index is -0.0278. The van der Waals surface area contributed by atoms with E-state index < -0.39 is 0 Å². The second-order valence-corrected chi connectivity index (χ2v) is 3.69. The Morgan fingerprint density at radius 2 is 2.00 bits per heavy atom. The molecule has 2 nitrogen and oxygen atoms in total. The summed E-state index contributed by atoms with van der Waals surface area (Å²) in [5.74, 6) is 0.694. The van der Waals surface area contributed by atoms with Crippen LogP contribution in [0.2, 0.25) is 0 Å². The Kier molecular flexibility index (Phi) is 3.11. The molecule has 12 heavy (non-hydrogen) atoms. The predicted octanol–water partition coefficient (Wildman–Crippen LogP) is 2.62. The highest BCUT2D eigenvalue weighted by atomic mass is 14.7. The van der Waals surface area contributed by atoms with Gasteiger partial charge in [-0.05, 0) is 25.2 Å². The summed E-state index contributed by atoms with van der Waals surface area (Å²) >= 11 is 0. The molecule has 0 aliphatic heterocycles. The van der Waals surface area contributed by atoms with E-state index in [0.717, 1.165) is 25.7 Å². The van der Waals surface area contributed by atoms with Crippen molar-refractivity contribution in [3.8, 4) is 6.07 Å². The number of hydrogen-bond donors (Lipinski definition) is 0. The normalized spacial score (nSPS) is 36.1. The fourth-order valence-electron chi connectivity index (χ4n) is 1.76. The molecule has 0 spiro atoms. The predicted molar refractivity (Wildman–Crippen MR) is 47.1 cm³/mol. The molecule has 0 bridgehead atoms. The SMILES string of the molecule is [C-]#[N+]C1CCC(C)CCC1C#N. The second-order valence-electron chi connectivity index (χ2n) is 3.69. The van der Waals surface area contributed by atoms with Gasteiger partial charge in [-0.25, -0.2) is 6.57 Å². The van der Waals surface area contributed by atoms with Gasteiger partial charge in [0.05, 0.1) is 6.07 Å². The molecule has 64 valence electrons. The van der Waals surface area contributed by atoms with Crippen LogP contribution < -0.4 is 0 Å². The van der Waals surface area contributed by atoms with Crippen molar-refractivity contribution in [2.24, 2.45) is 11.8 Å². The third-order valence-corrected chi connectivity index (χ3v) is 2.72. The molecule has 3 atom stereocenters. The zero-order valence-corrected chi connectivity index (χ0v) is 7.45. The lowest BCUT2D eigenvalue weighted by atomic mass is 9.97. The minimum absolute atomic E-state index is 0.00699. The van der Waals surface area contributed by atoms with Crippen LogP contribution >= 0.6 is 0 Å². The van der Waals surface area contributed by atoms with Gasteiger partial charge in [-0.1, -0.05) is 6.92 Å². The first kappa shape index (κ1) is 9.07. The van der Waals surface area contributed by atoms with Crippen LogP contribution in [0.4, 0.5) is 0 Å². The van der Waals surface area contributed by atoms with E-state index in [-0.39, 0.29) is 12.0 Å². The van der Waals surface area contributed by atoms with E-state index in [2.05, 4.69) is 17.8 Å². The summed E-state index contributed by atoms with van der Waals surface area (Å²) < 4.78 is 0. The number of nitrogens with zero attached hydrogens (tertiary/aromatic N) is 2. The maximum absolute atomic E-state index is 8.81.